The van der Waals surface area contributed by atoms with Crippen molar-refractivity contribution >= 4 is 28.6 Å². The fourth-order valence-corrected chi connectivity index (χ4v) is 3.99. The second-order valence-corrected chi connectivity index (χ2v) is 6.86. The minimum Gasteiger partial charge on any atom is -0.508 e. The van der Waals surface area contributed by atoms with E-state index in [0.717, 1.165) is 21.5 Å². The van der Waals surface area contributed by atoms with E-state index in [-0.39, 0.29) is 11.7 Å². The SMILES string of the molecule is CCOC(=O)c1c(CSc2ccccc2)n(C)c2ccc(O)c(C)c12. The predicted molar refractivity (Wildman–Crippen MR) is 101 cm³/mol. The zero-order chi connectivity index (χ0) is 18.0. The first kappa shape index (κ1) is 17.4. The number of ether oxygens (including phenoxy) is 1. The van der Waals surface area contributed by atoms with Crippen LogP contribution in [-0.4, -0.2) is 22.2 Å². The number of aryl methyl sites for hydroxylation is 2. The number of hydrogen-bond donors (Lipinski definition) is 1. The molecule has 3 aromatic rings. The van der Waals surface area contributed by atoms with Gasteiger partial charge in [0, 0.05) is 39.9 Å². The van der Waals surface area contributed by atoms with Crippen LogP contribution in [0.5, 0.6) is 5.75 Å². The molecule has 0 unspecified atom stereocenters. The normalized spacial score (nSPS) is 11.0. The Morgan fingerprint density at radius 3 is 2.60 bits per heavy atom. The summed E-state index contributed by atoms with van der Waals surface area (Å²) in [5.41, 5.74) is 3.07. The molecule has 0 aliphatic heterocycles. The Bertz CT molecular complexity index is 916. The topological polar surface area (TPSA) is 51.5 Å². The van der Waals surface area contributed by atoms with E-state index in [1.807, 2.05) is 42.8 Å². The van der Waals surface area contributed by atoms with Crippen LogP contribution in [-0.2, 0) is 17.5 Å². The Balaban J connectivity index is 2.12. The van der Waals surface area contributed by atoms with Crippen molar-refractivity contribution in [1.29, 1.82) is 0 Å². The Morgan fingerprint density at radius 1 is 1.20 bits per heavy atom. The third kappa shape index (κ3) is 3.24. The zero-order valence-electron chi connectivity index (χ0n) is 14.6. The highest BCUT2D eigenvalue weighted by molar-refractivity contribution is 7.98. The average molecular weight is 355 g/mol. The summed E-state index contributed by atoms with van der Waals surface area (Å²) in [5.74, 6) is 0.486. The van der Waals surface area contributed by atoms with Gasteiger partial charge in [-0.25, -0.2) is 4.79 Å². The van der Waals surface area contributed by atoms with E-state index in [0.29, 0.717) is 23.5 Å². The van der Waals surface area contributed by atoms with Crippen LogP contribution in [0.3, 0.4) is 0 Å². The number of aromatic hydroxyl groups is 1. The Hall–Kier alpha value is -2.40. The van der Waals surface area contributed by atoms with Gasteiger partial charge in [-0.15, -0.1) is 11.8 Å². The molecule has 0 aliphatic carbocycles. The molecule has 0 aliphatic rings. The van der Waals surface area contributed by atoms with Crippen LogP contribution in [0.4, 0.5) is 0 Å². The second kappa shape index (κ2) is 7.23. The van der Waals surface area contributed by atoms with Gasteiger partial charge in [0.25, 0.3) is 0 Å². The molecule has 4 nitrogen and oxygen atoms in total. The summed E-state index contributed by atoms with van der Waals surface area (Å²) < 4.78 is 7.31. The minimum atomic E-state index is -0.342. The molecule has 0 radical (unpaired) electrons. The van der Waals surface area contributed by atoms with Crippen molar-refractivity contribution in [3.05, 3.63) is 59.3 Å². The number of aromatic nitrogens is 1. The summed E-state index contributed by atoms with van der Waals surface area (Å²) in [5, 5.41) is 10.9. The molecule has 0 bridgehead atoms. The molecule has 3 rings (SSSR count). The summed E-state index contributed by atoms with van der Waals surface area (Å²) in [7, 11) is 1.95. The number of carbonyl (C=O) groups is 1. The average Bonchev–Trinajstić information content (AvgIpc) is 2.90. The molecular weight excluding hydrogens is 334 g/mol. The Labute approximate surface area is 151 Å². The summed E-state index contributed by atoms with van der Waals surface area (Å²) in [4.78, 5) is 13.8. The number of esters is 1. The molecule has 2 aromatic carbocycles. The molecule has 0 atom stereocenters. The van der Waals surface area contributed by atoms with E-state index < -0.39 is 0 Å². The van der Waals surface area contributed by atoms with Gasteiger partial charge >= 0.3 is 5.97 Å². The first-order chi connectivity index (χ1) is 12.0. The number of hydrogen-bond acceptors (Lipinski definition) is 4. The van der Waals surface area contributed by atoms with E-state index in [1.165, 1.54) is 0 Å². The largest absolute Gasteiger partial charge is 0.508 e. The number of fused-ring (bicyclic) bond motifs is 1. The van der Waals surface area contributed by atoms with Gasteiger partial charge in [-0.3, -0.25) is 0 Å². The van der Waals surface area contributed by atoms with Gasteiger partial charge in [0.2, 0.25) is 0 Å². The first-order valence-electron chi connectivity index (χ1n) is 8.19. The van der Waals surface area contributed by atoms with E-state index in [1.54, 1.807) is 24.8 Å². The van der Waals surface area contributed by atoms with Crippen LogP contribution < -0.4 is 0 Å². The highest BCUT2D eigenvalue weighted by Gasteiger charge is 2.24. The number of carbonyl (C=O) groups excluding carboxylic acids is 1. The van der Waals surface area contributed by atoms with Gasteiger partial charge in [-0.2, -0.15) is 0 Å². The summed E-state index contributed by atoms with van der Waals surface area (Å²) in [6, 6.07) is 13.6. The number of thioether (sulfide) groups is 1. The molecule has 0 spiro atoms. The van der Waals surface area contributed by atoms with E-state index in [9.17, 15) is 9.90 Å². The molecule has 5 heteroatoms. The maximum atomic E-state index is 12.6. The maximum Gasteiger partial charge on any atom is 0.340 e. The first-order valence-corrected chi connectivity index (χ1v) is 9.18. The van der Waals surface area contributed by atoms with Crippen molar-refractivity contribution in [1.82, 2.24) is 4.57 Å². The van der Waals surface area contributed by atoms with Crippen LogP contribution >= 0.6 is 11.8 Å². The second-order valence-electron chi connectivity index (χ2n) is 5.81. The van der Waals surface area contributed by atoms with E-state index >= 15 is 0 Å². The molecule has 0 saturated heterocycles. The summed E-state index contributed by atoms with van der Waals surface area (Å²) in [6.45, 7) is 3.94. The lowest BCUT2D eigenvalue weighted by Crippen LogP contribution is -2.08. The number of benzene rings is 2. The highest BCUT2D eigenvalue weighted by Crippen LogP contribution is 2.36. The van der Waals surface area contributed by atoms with Crippen LogP contribution in [0.1, 0.15) is 28.5 Å². The third-order valence-corrected chi connectivity index (χ3v) is 5.34. The molecule has 25 heavy (non-hydrogen) atoms. The summed E-state index contributed by atoms with van der Waals surface area (Å²) >= 11 is 1.67. The van der Waals surface area contributed by atoms with Gasteiger partial charge < -0.3 is 14.4 Å². The van der Waals surface area contributed by atoms with Crippen molar-refractivity contribution in [3.8, 4) is 5.75 Å². The molecule has 1 aromatic heterocycles. The van der Waals surface area contributed by atoms with E-state index in [2.05, 4.69) is 12.1 Å². The van der Waals surface area contributed by atoms with Crippen molar-refractivity contribution in [3.63, 3.8) is 0 Å². The van der Waals surface area contributed by atoms with Crippen LogP contribution in [0.2, 0.25) is 0 Å². The molecule has 0 saturated carbocycles. The van der Waals surface area contributed by atoms with Crippen molar-refractivity contribution in [2.24, 2.45) is 7.05 Å². The number of phenolic OH excluding ortho intramolecular Hbond substituents is 1. The van der Waals surface area contributed by atoms with Gasteiger partial charge in [-0.1, -0.05) is 18.2 Å². The quantitative estimate of drug-likeness (QED) is 0.534. The minimum absolute atomic E-state index is 0.186. The standard InChI is InChI=1S/C20H21NO3S/c1-4-24-20(23)19-16(12-25-14-8-6-5-7-9-14)21(3)15-10-11-17(22)13(2)18(15)19/h5-11,22H,4,12H2,1-3H3. The lowest BCUT2D eigenvalue weighted by Gasteiger charge is -2.08. The fourth-order valence-electron chi connectivity index (χ4n) is 3.00. The van der Waals surface area contributed by atoms with E-state index in [4.69, 9.17) is 4.74 Å². The van der Waals surface area contributed by atoms with Gasteiger partial charge in [0.15, 0.2) is 0 Å². The lowest BCUT2D eigenvalue weighted by atomic mass is 10.1. The van der Waals surface area contributed by atoms with Gasteiger partial charge in [-0.05, 0) is 38.1 Å². The number of phenols is 1. The molecule has 0 amide bonds. The van der Waals surface area contributed by atoms with Crippen LogP contribution in [0.25, 0.3) is 10.9 Å². The van der Waals surface area contributed by atoms with Crippen LogP contribution in [0, 0.1) is 6.92 Å². The Morgan fingerprint density at radius 2 is 1.92 bits per heavy atom. The monoisotopic (exact) mass is 355 g/mol. The van der Waals surface area contributed by atoms with Crippen molar-refractivity contribution < 1.29 is 14.6 Å². The van der Waals surface area contributed by atoms with Gasteiger partial charge in [0.1, 0.15) is 5.75 Å². The molecule has 1 N–H and O–H groups in total. The number of rotatable bonds is 5. The third-order valence-electron chi connectivity index (χ3n) is 4.32. The molecule has 1 heterocycles. The van der Waals surface area contributed by atoms with Gasteiger partial charge in [0.05, 0.1) is 12.2 Å². The highest BCUT2D eigenvalue weighted by atomic mass is 32.2. The van der Waals surface area contributed by atoms with Crippen molar-refractivity contribution in [2.45, 2.75) is 24.5 Å². The Kier molecular flexibility index (Phi) is 5.04. The summed E-state index contributed by atoms with van der Waals surface area (Å²) in [6.07, 6.45) is 0. The zero-order valence-corrected chi connectivity index (χ0v) is 15.4. The predicted octanol–water partition coefficient (Wildman–Crippen LogP) is 4.66. The fraction of sp³-hybridized carbons (Fsp3) is 0.250. The molecule has 0 fully saturated rings. The number of nitrogens with zero attached hydrogens (tertiary/aromatic N) is 1. The van der Waals surface area contributed by atoms with Crippen LogP contribution in [0.15, 0.2) is 47.4 Å². The maximum absolute atomic E-state index is 12.6. The molecule has 130 valence electrons. The molecular formula is C20H21NO3S. The lowest BCUT2D eigenvalue weighted by molar-refractivity contribution is 0.0527. The van der Waals surface area contributed by atoms with Crippen molar-refractivity contribution in [2.75, 3.05) is 6.61 Å². The smallest absolute Gasteiger partial charge is 0.340 e.